The van der Waals surface area contributed by atoms with Crippen molar-refractivity contribution in [3.05, 3.63) is 77.7 Å². The Balaban J connectivity index is 2.13. The van der Waals surface area contributed by atoms with E-state index in [1.54, 1.807) is 24.3 Å². The van der Waals surface area contributed by atoms with Crippen LogP contribution in [-0.2, 0) is 10.0 Å². The molecule has 0 unspecified atom stereocenters. The van der Waals surface area contributed by atoms with Crippen molar-refractivity contribution in [2.45, 2.75) is 4.90 Å². The molecule has 0 amide bonds. The molecule has 0 atom stereocenters. The highest BCUT2D eigenvalue weighted by atomic mass is 32.2. The number of para-hydroxylation sites is 1. The molecule has 2 aromatic carbocycles. The van der Waals surface area contributed by atoms with Crippen LogP contribution in [0.4, 0.5) is 27.6 Å². The third kappa shape index (κ3) is 3.35. The van der Waals surface area contributed by atoms with Crippen LogP contribution in [0.25, 0.3) is 11.3 Å². The van der Waals surface area contributed by atoms with E-state index in [0.29, 0.717) is 5.69 Å². The molecule has 1 aromatic heterocycles. The van der Waals surface area contributed by atoms with Gasteiger partial charge in [-0.1, -0.05) is 24.3 Å². The largest absolute Gasteiger partial charge is 0.279 e. The minimum absolute atomic E-state index is 0.153. The molecule has 0 aliphatic rings. The van der Waals surface area contributed by atoms with Crippen LogP contribution in [0.5, 0.6) is 0 Å². The predicted molar refractivity (Wildman–Crippen MR) is 86.7 cm³/mol. The van der Waals surface area contributed by atoms with Crippen LogP contribution in [0.2, 0.25) is 0 Å². The summed E-state index contributed by atoms with van der Waals surface area (Å²) in [6.45, 7) is 0. The Kier molecular flexibility index (Phi) is 4.83. The van der Waals surface area contributed by atoms with Gasteiger partial charge in [0.15, 0.2) is 28.2 Å². The summed E-state index contributed by atoms with van der Waals surface area (Å²) in [7, 11) is -5.14. The lowest BCUT2D eigenvalue weighted by molar-refractivity contribution is 0.358. The van der Waals surface area contributed by atoms with E-state index in [1.807, 2.05) is 4.72 Å². The zero-order chi connectivity index (χ0) is 19.8. The first-order chi connectivity index (χ1) is 12.7. The van der Waals surface area contributed by atoms with E-state index < -0.39 is 44.0 Å². The molecule has 0 fully saturated rings. The smallest absolute Gasteiger partial charge is 0.268 e. The van der Waals surface area contributed by atoms with Gasteiger partial charge in [-0.3, -0.25) is 9.71 Å². The van der Waals surface area contributed by atoms with Crippen LogP contribution < -0.4 is 4.72 Å². The summed E-state index contributed by atoms with van der Waals surface area (Å²) >= 11 is 0. The molecule has 3 rings (SSSR count). The number of aromatic nitrogens is 1. The highest BCUT2D eigenvalue weighted by molar-refractivity contribution is 7.92. The number of anilines is 1. The first-order valence-corrected chi connectivity index (χ1v) is 8.77. The third-order valence-corrected chi connectivity index (χ3v) is 4.94. The van der Waals surface area contributed by atoms with Gasteiger partial charge in [0.25, 0.3) is 10.0 Å². The van der Waals surface area contributed by atoms with Crippen molar-refractivity contribution >= 4 is 15.7 Å². The fraction of sp³-hybridized carbons (Fsp3) is 0. The van der Waals surface area contributed by atoms with Gasteiger partial charge in [-0.15, -0.1) is 0 Å². The molecular formula is C17H9F5N2O2S. The van der Waals surface area contributed by atoms with Gasteiger partial charge in [-0.05, 0) is 18.2 Å². The van der Waals surface area contributed by atoms with Crippen LogP contribution in [0.15, 0.2) is 53.6 Å². The Labute approximate surface area is 150 Å². The summed E-state index contributed by atoms with van der Waals surface area (Å²) in [5.41, 5.74) is 0.416. The lowest BCUT2D eigenvalue weighted by Gasteiger charge is -2.14. The maximum atomic E-state index is 13.9. The number of hydrogen-bond donors (Lipinski definition) is 1. The normalized spacial score (nSPS) is 11.4. The van der Waals surface area contributed by atoms with Gasteiger partial charge in [0.05, 0.1) is 11.4 Å². The van der Waals surface area contributed by atoms with Gasteiger partial charge in [0.1, 0.15) is 0 Å². The van der Waals surface area contributed by atoms with Gasteiger partial charge in [-0.25, -0.2) is 30.4 Å². The number of sulfonamides is 1. The SMILES string of the molecule is O=S(=O)(Nc1ccccc1-c1ccccn1)c1c(F)c(F)c(F)c(F)c1F. The van der Waals surface area contributed by atoms with Crippen LogP contribution in [0.3, 0.4) is 0 Å². The number of halogens is 5. The van der Waals surface area contributed by atoms with Crippen LogP contribution in [0, 0.1) is 29.1 Å². The topological polar surface area (TPSA) is 59.1 Å². The molecule has 1 N–H and O–H groups in total. The molecule has 140 valence electrons. The molecule has 27 heavy (non-hydrogen) atoms. The standard InChI is InChI=1S/C17H9F5N2O2S/c18-12-13(19)15(21)17(16(22)14(12)20)27(25,26)24-11-7-2-1-5-9(11)10-6-3-4-8-23-10/h1-8,24H. The van der Waals surface area contributed by atoms with Crippen molar-refractivity contribution in [2.75, 3.05) is 4.72 Å². The number of nitrogens with zero attached hydrogens (tertiary/aromatic N) is 1. The molecule has 0 bridgehead atoms. The van der Waals surface area contributed by atoms with Crippen molar-refractivity contribution in [1.82, 2.24) is 4.98 Å². The van der Waals surface area contributed by atoms with E-state index in [1.165, 1.54) is 24.4 Å². The number of pyridine rings is 1. The van der Waals surface area contributed by atoms with Crippen molar-refractivity contribution in [2.24, 2.45) is 0 Å². The summed E-state index contributed by atoms with van der Waals surface area (Å²) in [6, 6.07) is 10.5. The van der Waals surface area contributed by atoms with Crippen molar-refractivity contribution < 1.29 is 30.4 Å². The summed E-state index contributed by atoms with van der Waals surface area (Å²) in [4.78, 5) is 2.07. The maximum absolute atomic E-state index is 13.9. The highest BCUT2D eigenvalue weighted by Gasteiger charge is 2.34. The second-order valence-electron chi connectivity index (χ2n) is 5.27. The lowest BCUT2D eigenvalue weighted by atomic mass is 10.1. The molecule has 0 aliphatic carbocycles. The maximum Gasteiger partial charge on any atom is 0.268 e. The molecule has 0 radical (unpaired) electrons. The second kappa shape index (κ2) is 6.95. The number of benzene rings is 2. The van der Waals surface area contributed by atoms with Gasteiger partial charge >= 0.3 is 0 Å². The first kappa shape index (κ1) is 18.8. The zero-order valence-corrected chi connectivity index (χ0v) is 14.0. The molecule has 3 aromatic rings. The molecule has 4 nitrogen and oxygen atoms in total. The number of hydrogen-bond acceptors (Lipinski definition) is 3. The molecule has 0 aliphatic heterocycles. The van der Waals surface area contributed by atoms with Crippen molar-refractivity contribution in [1.29, 1.82) is 0 Å². The van der Waals surface area contributed by atoms with Gasteiger partial charge in [0, 0.05) is 11.8 Å². The van der Waals surface area contributed by atoms with Gasteiger partial charge < -0.3 is 0 Å². The average Bonchev–Trinajstić information content (AvgIpc) is 2.65. The van der Waals surface area contributed by atoms with E-state index in [4.69, 9.17) is 0 Å². The predicted octanol–water partition coefficient (Wildman–Crippen LogP) is 4.24. The van der Waals surface area contributed by atoms with Crippen molar-refractivity contribution in [3.8, 4) is 11.3 Å². The molecular weight excluding hydrogens is 391 g/mol. The molecule has 1 heterocycles. The molecule has 0 saturated carbocycles. The Bertz CT molecular complexity index is 1090. The van der Waals surface area contributed by atoms with E-state index in [9.17, 15) is 30.4 Å². The Morgan fingerprint density at radius 1 is 0.741 bits per heavy atom. The zero-order valence-electron chi connectivity index (χ0n) is 13.2. The van der Waals surface area contributed by atoms with E-state index in [2.05, 4.69) is 4.98 Å². The number of nitrogens with one attached hydrogen (secondary N) is 1. The first-order valence-electron chi connectivity index (χ1n) is 7.28. The Morgan fingerprint density at radius 3 is 1.89 bits per heavy atom. The van der Waals surface area contributed by atoms with Crippen LogP contribution in [0.1, 0.15) is 0 Å². The third-order valence-electron chi connectivity index (χ3n) is 3.55. The summed E-state index contributed by atoms with van der Waals surface area (Å²) in [5, 5.41) is 0. The Morgan fingerprint density at radius 2 is 1.30 bits per heavy atom. The molecule has 0 saturated heterocycles. The minimum Gasteiger partial charge on any atom is -0.279 e. The fourth-order valence-corrected chi connectivity index (χ4v) is 3.55. The van der Waals surface area contributed by atoms with Crippen LogP contribution in [-0.4, -0.2) is 13.4 Å². The van der Waals surface area contributed by atoms with Crippen LogP contribution >= 0.6 is 0 Å². The minimum atomic E-state index is -5.14. The van der Waals surface area contributed by atoms with Gasteiger partial charge in [0.2, 0.25) is 5.82 Å². The molecule has 0 spiro atoms. The van der Waals surface area contributed by atoms with Gasteiger partial charge in [-0.2, -0.15) is 0 Å². The quantitative estimate of drug-likeness (QED) is 0.405. The monoisotopic (exact) mass is 400 g/mol. The highest BCUT2D eigenvalue weighted by Crippen LogP contribution is 2.31. The summed E-state index contributed by atoms with van der Waals surface area (Å²) < 4.78 is 94.2. The summed E-state index contributed by atoms with van der Waals surface area (Å²) in [5.74, 6) is -12.1. The van der Waals surface area contributed by atoms with Crippen molar-refractivity contribution in [3.63, 3.8) is 0 Å². The molecule has 10 heteroatoms. The second-order valence-corrected chi connectivity index (χ2v) is 6.88. The average molecular weight is 400 g/mol. The van der Waals surface area contributed by atoms with E-state index >= 15 is 0 Å². The number of rotatable bonds is 4. The fourth-order valence-electron chi connectivity index (χ4n) is 2.33. The van der Waals surface area contributed by atoms with E-state index in [-0.39, 0.29) is 11.3 Å². The summed E-state index contributed by atoms with van der Waals surface area (Å²) in [6.07, 6.45) is 1.44. The Hall–Kier alpha value is -3.01. The van der Waals surface area contributed by atoms with E-state index in [0.717, 1.165) is 0 Å². The lowest BCUT2D eigenvalue weighted by Crippen LogP contribution is -2.20.